The Bertz CT molecular complexity index is 356. The molecule has 2 unspecified atom stereocenters. The molecule has 4 saturated carbocycles. The largest absolute Gasteiger partial charge is 0.298 e. The highest BCUT2D eigenvalue weighted by Crippen LogP contribution is 2.87. The molecule has 0 spiro atoms. The summed E-state index contributed by atoms with van der Waals surface area (Å²) >= 11 is 0. The molecular weight excluding hydrogens is 196 g/mol. The zero-order chi connectivity index (χ0) is 11.6. The summed E-state index contributed by atoms with van der Waals surface area (Å²) in [5.74, 6) is 3.09. The van der Waals surface area contributed by atoms with Crippen molar-refractivity contribution in [1.82, 2.24) is 0 Å². The van der Waals surface area contributed by atoms with Crippen molar-refractivity contribution in [2.24, 2.45) is 28.6 Å². The first-order valence-electron chi connectivity index (χ1n) is 6.66. The molecule has 0 aromatic carbocycles. The Morgan fingerprint density at radius 2 is 1.94 bits per heavy atom. The van der Waals surface area contributed by atoms with E-state index in [2.05, 4.69) is 19.9 Å². The van der Waals surface area contributed by atoms with E-state index in [4.69, 9.17) is 0 Å². The first kappa shape index (κ1) is 10.6. The number of hydrogen-bond acceptors (Lipinski definition) is 1. The molecule has 0 amide bonds. The van der Waals surface area contributed by atoms with Gasteiger partial charge in [-0.2, -0.15) is 0 Å². The van der Waals surface area contributed by atoms with E-state index in [9.17, 15) is 4.79 Å². The number of rotatable bonds is 4. The van der Waals surface area contributed by atoms with Crippen molar-refractivity contribution in [3.05, 3.63) is 11.6 Å². The predicted molar refractivity (Wildman–Crippen MR) is 65.0 cm³/mol. The standard InChI is InChI=1S/C15H22O/c1-10(9-16)5-4-6-14(2)11-7-12-13(8-11)15(12,14)3/h5,9,11-13H,4,6-8H2,1-3H3/b10-5-/t11?,12-,13+,14-,15?/m0/s1. The fourth-order valence-electron chi connectivity index (χ4n) is 5.15. The second kappa shape index (κ2) is 3.00. The minimum absolute atomic E-state index is 0.571. The summed E-state index contributed by atoms with van der Waals surface area (Å²) in [4.78, 5) is 10.6. The molecule has 0 aliphatic heterocycles. The highest BCUT2D eigenvalue weighted by atomic mass is 16.1. The van der Waals surface area contributed by atoms with Gasteiger partial charge in [-0.25, -0.2) is 0 Å². The zero-order valence-corrected chi connectivity index (χ0v) is 10.6. The molecule has 0 heterocycles. The maximum absolute atomic E-state index is 10.6. The Morgan fingerprint density at radius 1 is 1.31 bits per heavy atom. The average Bonchev–Trinajstić information content (AvgIpc) is 2.62. The molecule has 88 valence electrons. The summed E-state index contributed by atoms with van der Waals surface area (Å²) in [7, 11) is 0. The quantitative estimate of drug-likeness (QED) is 0.520. The molecule has 5 atom stereocenters. The van der Waals surface area contributed by atoms with Gasteiger partial charge in [-0.05, 0) is 66.8 Å². The molecule has 0 aromatic rings. The summed E-state index contributed by atoms with van der Waals surface area (Å²) in [6.45, 7) is 6.94. The molecule has 16 heavy (non-hydrogen) atoms. The lowest BCUT2D eigenvalue weighted by atomic mass is 9.71. The van der Waals surface area contributed by atoms with E-state index in [0.29, 0.717) is 10.8 Å². The van der Waals surface area contributed by atoms with Crippen molar-refractivity contribution in [3.63, 3.8) is 0 Å². The van der Waals surface area contributed by atoms with Crippen LogP contribution in [0.2, 0.25) is 0 Å². The molecular formula is C15H22O. The SMILES string of the molecule is C/C(C=O)=C/CC[C@@]1(C)C2C[C@@H]3[C@H](C2)C31C. The van der Waals surface area contributed by atoms with Gasteiger partial charge < -0.3 is 0 Å². The molecule has 1 nitrogen and oxygen atoms in total. The van der Waals surface area contributed by atoms with E-state index in [-0.39, 0.29) is 0 Å². The smallest absolute Gasteiger partial charge is 0.145 e. The number of carbonyl (C=O) groups is 1. The Morgan fingerprint density at radius 3 is 2.38 bits per heavy atom. The number of aldehydes is 1. The van der Waals surface area contributed by atoms with Crippen LogP contribution in [0.4, 0.5) is 0 Å². The summed E-state index contributed by atoms with van der Waals surface area (Å²) in [6.07, 6.45) is 8.45. The van der Waals surface area contributed by atoms with Gasteiger partial charge in [0.1, 0.15) is 6.29 Å². The van der Waals surface area contributed by atoms with Crippen LogP contribution in [0.3, 0.4) is 0 Å². The Labute approximate surface area is 98.3 Å². The van der Waals surface area contributed by atoms with Gasteiger partial charge in [0.2, 0.25) is 0 Å². The van der Waals surface area contributed by atoms with Crippen LogP contribution in [0.1, 0.15) is 46.5 Å². The van der Waals surface area contributed by atoms with E-state index >= 15 is 0 Å². The van der Waals surface area contributed by atoms with Gasteiger partial charge in [0.25, 0.3) is 0 Å². The minimum Gasteiger partial charge on any atom is -0.298 e. The van der Waals surface area contributed by atoms with E-state index < -0.39 is 0 Å². The molecule has 0 radical (unpaired) electrons. The Balaban J connectivity index is 1.70. The summed E-state index contributed by atoms with van der Waals surface area (Å²) < 4.78 is 0. The highest BCUT2D eigenvalue weighted by Gasteiger charge is 2.80. The molecule has 4 fully saturated rings. The minimum atomic E-state index is 0.571. The summed E-state index contributed by atoms with van der Waals surface area (Å²) in [6, 6.07) is 0. The number of hydrogen-bond donors (Lipinski definition) is 0. The fraction of sp³-hybridized carbons (Fsp3) is 0.800. The number of allylic oxidation sites excluding steroid dienone is 2. The third-order valence-corrected chi connectivity index (χ3v) is 6.44. The second-order valence-electron chi connectivity index (χ2n) is 6.69. The number of carbonyl (C=O) groups excluding carboxylic acids is 1. The van der Waals surface area contributed by atoms with Crippen molar-refractivity contribution in [2.45, 2.75) is 46.5 Å². The fourth-order valence-corrected chi connectivity index (χ4v) is 5.15. The average molecular weight is 218 g/mol. The van der Waals surface area contributed by atoms with Crippen molar-refractivity contribution in [2.75, 3.05) is 0 Å². The van der Waals surface area contributed by atoms with Crippen LogP contribution >= 0.6 is 0 Å². The van der Waals surface area contributed by atoms with E-state index in [1.807, 2.05) is 6.92 Å². The van der Waals surface area contributed by atoms with Gasteiger partial charge >= 0.3 is 0 Å². The van der Waals surface area contributed by atoms with E-state index in [0.717, 1.165) is 36.0 Å². The summed E-state index contributed by atoms with van der Waals surface area (Å²) in [5, 5.41) is 0. The lowest BCUT2D eigenvalue weighted by Crippen LogP contribution is -2.26. The van der Waals surface area contributed by atoms with Crippen LogP contribution in [0, 0.1) is 28.6 Å². The van der Waals surface area contributed by atoms with Gasteiger partial charge in [0.05, 0.1) is 0 Å². The van der Waals surface area contributed by atoms with Crippen molar-refractivity contribution < 1.29 is 4.79 Å². The molecule has 4 rings (SSSR count). The van der Waals surface area contributed by atoms with Crippen molar-refractivity contribution >= 4 is 6.29 Å². The van der Waals surface area contributed by atoms with Gasteiger partial charge in [0, 0.05) is 0 Å². The van der Waals surface area contributed by atoms with Gasteiger partial charge in [0.15, 0.2) is 0 Å². The molecule has 0 N–H and O–H groups in total. The monoisotopic (exact) mass is 218 g/mol. The third-order valence-electron chi connectivity index (χ3n) is 6.44. The maximum Gasteiger partial charge on any atom is 0.145 e. The topological polar surface area (TPSA) is 17.1 Å². The highest BCUT2D eigenvalue weighted by molar-refractivity contribution is 5.71. The lowest BCUT2D eigenvalue weighted by Gasteiger charge is -2.34. The van der Waals surface area contributed by atoms with Gasteiger partial charge in [-0.1, -0.05) is 19.9 Å². The molecule has 1 heteroatoms. The summed E-state index contributed by atoms with van der Waals surface area (Å²) in [5.41, 5.74) is 2.13. The normalized spacial score (nSPS) is 53.2. The van der Waals surface area contributed by atoms with Crippen molar-refractivity contribution in [3.8, 4) is 0 Å². The van der Waals surface area contributed by atoms with Crippen LogP contribution in [0.25, 0.3) is 0 Å². The van der Waals surface area contributed by atoms with Crippen molar-refractivity contribution in [1.29, 1.82) is 0 Å². The van der Waals surface area contributed by atoms with Crippen LogP contribution in [0.15, 0.2) is 11.6 Å². The second-order valence-corrected chi connectivity index (χ2v) is 6.69. The van der Waals surface area contributed by atoms with Crippen LogP contribution in [0.5, 0.6) is 0 Å². The third kappa shape index (κ3) is 1.00. The van der Waals surface area contributed by atoms with Gasteiger partial charge in [-0.15, -0.1) is 0 Å². The van der Waals surface area contributed by atoms with Crippen LogP contribution in [-0.2, 0) is 4.79 Å². The molecule has 4 aliphatic carbocycles. The molecule has 0 aromatic heterocycles. The predicted octanol–water partition coefficient (Wildman–Crippen LogP) is 3.59. The molecule has 4 aliphatic rings. The first-order chi connectivity index (χ1) is 7.54. The Hall–Kier alpha value is -0.590. The van der Waals surface area contributed by atoms with Crippen LogP contribution < -0.4 is 0 Å². The van der Waals surface area contributed by atoms with Gasteiger partial charge in [-0.3, -0.25) is 4.79 Å². The first-order valence-corrected chi connectivity index (χ1v) is 6.66. The van der Waals surface area contributed by atoms with Crippen LogP contribution in [-0.4, -0.2) is 6.29 Å². The van der Waals surface area contributed by atoms with E-state index in [1.54, 1.807) is 0 Å². The molecule has 4 bridgehead atoms. The zero-order valence-electron chi connectivity index (χ0n) is 10.6. The lowest BCUT2D eigenvalue weighted by molar-refractivity contribution is -0.104. The molecule has 0 saturated heterocycles. The Kier molecular flexibility index (Phi) is 1.98. The maximum atomic E-state index is 10.6. The van der Waals surface area contributed by atoms with E-state index in [1.165, 1.54) is 19.3 Å².